The maximum atomic E-state index is 12.4. The zero-order valence-electron chi connectivity index (χ0n) is 14.3. The highest BCUT2D eigenvalue weighted by Gasteiger charge is 2.30. The number of ketones is 1. The van der Waals surface area contributed by atoms with Crippen molar-refractivity contribution in [2.75, 3.05) is 5.32 Å². The molecular weight excluding hydrogens is 322 g/mol. The number of hydrogen-bond donors (Lipinski definition) is 1. The molecule has 0 bridgehead atoms. The Bertz CT molecular complexity index is 773. The van der Waals surface area contributed by atoms with Crippen molar-refractivity contribution >= 4 is 39.0 Å². The van der Waals surface area contributed by atoms with E-state index in [0.717, 1.165) is 39.9 Å². The van der Waals surface area contributed by atoms with Crippen LogP contribution < -0.4 is 5.32 Å². The van der Waals surface area contributed by atoms with Crippen LogP contribution in [0, 0.1) is 0 Å². The smallest absolute Gasteiger partial charge is 0.412 e. The van der Waals surface area contributed by atoms with E-state index in [1.54, 1.807) is 11.3 Å². The first kappa shape index (κ1) is 17.0. The lowest BCUT2D eigenvalue weighted by Gasteiger charge is -2.22. The molecular formula is C19H23NO3S. The molecule has 0 radical (unpaired) electrons. The van der Waals surface area contributed by atoms with Crippen LogP contribution in [0.2, 0.25) is 0 Å². The second kappa shape index (κ2) is 6.55. The Morgan fingerprint density at radius 2 is 2.00 bits per heavy atom. The van der Waals surface area contributed by atoms with Gasteiger partial charge in [-0.3, -0.25) is 10.1 Å². The predicted molar refractivity (Wildman–Crippen MR) is 97.9 cm³/mol. The third-order valence-corrected chi connectivity index (χ3v) is 5.40. The summed E-state index contributed by atoms with van der Waals surface area (Å²) in [5, 5.41) is 3.88. The first-order valence-electron chi connectivity index (χ1n) is 8.39. The molecule has 1 heterocycles. The van der Waals surface area contributed by atoms with Crippen molar-refractivity contribution in [3.8, 4) is 0 Å². The van der Waals surface area contributed by atoms with Gasteiger partial charge >= 0.3 is 6.09 Å². The fourth-order valence-electron chi connectivity index (χ4n) is 3.10. The minimum Gasteiger partial charge on any atom is -0.444 e. The summed E-state index contributed by atoms with van der Waals surface area (Å²) in [7, 11) is 0. The van der Waals surface area contributed by atoms with E-state index in [1.165, 1.54) is 0 Å². The molecule has 2 aromatic rings. The van der Waals surface area contributed by atoms with Gasteiger partial charge in [-0.1, -0.05) is 24.6 Å². The lowest BCUT2D eigenvalue weighted by molar-refractivity contribution is -0.121. The normalized spacial score (nSPS) is 18.6. The molecule has 1 aromatic heterocycles. The van der Waals surface area contributed by atoms with E-state index in [9.17, 15) is 9.59 Å². The number of rotatable bonds is 2. The van der Waals surface area contributed by atoms with E-state index in [-0.39, 0.29) is 11.7 Å². The standard InChI is InChI=1S/C19H23NO3S/c1-19(2,3)23-18(22)20-16-13-9-5-7-11-15(13)24-17(16)12-8-4-6-10-14(12)21/h5,7,9,11-12H,4,6,8,10H2,1-3H3,(H,20,22). The molecule has 4 nitrogen and oxygen atoms in total. The number of benzene rings is 1. The SMILES string of the molecule is CC(C)(C)OC(=O)Nc1c(C2CCCCC2=O)sc2ccccc12. The molecule has 1 N–H and O–H groups in total. The number of carbonyl (C=O) groups is 2. The van der Waals surface area contributed by atoms with Crippen LogP contribution in [0.25, 0.3) is 10.1 Å². The van der Waals surface area contributed by atoms with Crippen LogP contribution in [-0.4, -0.2) is 17.5 Å². The van der Waals surface area contributed by atoms with E-state index < -0.39 is 11.7 Å². The first-order chi connectivity index (χ1) is 11.3. The zero-order chi connectivity index (χ0) is 17.3. The summed E-state index contributed by atoms with van der Waals surface area (Å²) in [5.74, 6) is 0.168. The van der Waals surface area contributed by atoms with Crippen molar-refractivity contribution in [1.82, 2.24) is 0 Å². The van der Waals surface area contributed by atoms with Crippen LogP contribution in [0.1, 0.15) is 57.2 Å². The summed E-state index contributed by atoms with van der Waals surface area (Å²) in [4.78, 5) is 25.6. The minimum atomic E-state index is -0.559. The van der Waals surface area contributed by atoms with Crippen molar-refractivity contribution in [2.45, 2.75) is 58.0 Å². The molecule has 24 heavy (non-hydrogen) atoms. The number of nitrogens with one attached hydrogen (secondary N) is 1. The Labute approximate surface area is 146 Å². The number of thiophene rings is 1. The Morgan fingerprint density at radius 1 is 1.25 bits per heavy atom. The molecule has 3 rings (SSSR count). The Hall–Kier alpha value is -1.88. The average molecular weight is 345 g/mol. The molecule has 1 saturated carbocycles. The van der Waals surface area contributed by atoms with Crippen LogP contribution in [0.3, 0.4) is 0 Å². The van der Waals surface area contributed by atoms with Crippen LogP contribution in [-0.2, 0) is 9.53 Å². The van der Waals surface area contributed by atoms with Gasteiger partial charge in [0, 0.05) is 21.4 Å². The van der Waals surface area contributed by atoms with Crippen molar-refractivity contribution in [3.63, 3.8) is 0 Å². The number of ether oxygens (including phenoxy) is 1. The van der Waals surface area contributed by atoms with Gasteiger partial charge < -0.3 is 4.74 Å². The molecule has 5 heteroatoms. The molecule has 0 aliphatic heterocycles. The van der Waals surface area contributed by atoms with Gasteiger partial charge in [0.25, 0.3) is 0 Å². The van der Waals surface area contributed by atoms with Gasteiger partial charge in [0.15, 0.2) is 0 Å². The maximum Gasteiger partial charge on any atom is 0.412 e. The predicted octanol–water partition coefficient (Wildman–Crippen LogP) is 5.48. The van der Waals surface area contributed by atoms with Crippen molar-refractivity contribution < 1.29 is 14.3 Å². The van der Waals surface area contributed by atoms with Gasteiger partial charge in [0.2, 0.25) is 0 Å². The highest BCUT2D eigenvalue weighted by atomic mass is 32.1. The summed E-state index contributed by atoms with van der Waals surface area (Å²) >= 11 is 1.60. The largest absolute Gasteiger partial charge is 0.444 e. The average Bonchev–Trinajstić information content (AvgIpc) is 2.84. The van der Waals surface area contributed by atoms with Crippen molar-refractivity contribution in [1.29, 1.82) is 0 Å². The zero-order valence-corrected chi connectivity index (χ0v) is 15.2. The molecule has 1 fully saturated rings. The van der Waals surface area contributed by atoms with Gasteiger partial charge in [-0.2, -0.15) is 0 Å². The minimum absolute atomic E-state index is 0.110. The van der Waals surface area contributed by atoms with E-state index in [4.69, 9.17) is 4.74 Å². The molecule has 128 valence electrons. The number of amides is 1. The van der Waals surface area contributed by atoms with Gasteiger partial charge in [-0.15, -0.1) is 11.3 Å². The van der Waals surface area contributed by atoms with Crippen LogP contribution in [0.15, 0.2) is 24.3 Å². The Kier molecular flexibility index (Phi) is 4.63. The van der Waals surface area contributed by atoms with Gasteiger partial charge in [0.1, 0.15) is 11.4 Å². The second-order valence-electron chi connectivity index (χ2n) is 7.23. The quantitative estimate of drug-likeness (QED) is 0.784. The summed E-state index contributed by atoms with van der Waals surface area (Å²) in [6, 6.07) is 7.93. The lowest BCUT2D eigenvalue weighted by atomic mass is 9.86. The molecule has 1 unspecified atom stereocenters. The van der Waals surface area contributed by atoms with Crippen molar-refractivity contribution in [3.05, 3.63) is 29.1 Å². The van der Waals surface area contributed by atoms with Crippen LogP contribution >= 0.6 is 11.3 Å². The highest BCUT2D eigenvalue weighted by molar-refractivity contribution is 7.20. The summed E-state index contributed by atoms with van der Waals surface area (Å²) < 4.78 is 6.48. The Balaban J connectivity index is 1.99. The maximum absolute atomic E-state index is 12.4. The monoisotopic (exact) mass is 345 g/mol. The number of Topliss-reactive ketones (excluding diaryl/α,β-unsaturated/α-hetero) is 1. The molecule has 1 aliphatic carbocycles. The van der Waals surface area contributed by atoms with E-state index in [0.29, 0.717) is 6.42 Å². The van der Waals surface area contributed by atoms with Gasteiger partial charge in [0.05, 0.1) is 11.6 Å². The third-order valence-electron chi connectivity index (χ3n) is 4.12. The first-order valence-corrected chi connectivity index (χ1v) is 9.21. The van der Waals surface area contributed by atoms with Crippen molar-refractivity contribution in [2.24, 2.45) is 0 Å². The van der Waals surface area contributed by atoms with Crippen LogP contribution in [0.5, 0.6) is 0 Å². The molecule has 1 aliphatic rings. The lowest BCUT2D eigenvalue weighted by Crippen LogP contribution is -2.27. The molecule has 0 spiro atoms. The summed E-state index contributed by atoms with van der Waals surface area (Å²) in [6.45, 7) is 5.51. The topological polar surface area (TPSA) is 55.4 Å². The second-order valence-corrected chi connectivity index (χ2v) is 8.31. The van der Waals surface area contributed by atoms with Gasteiger partial charge in [-0.25, -0.2) is 4.79 Å². The molecule has 0 saturated heterocycles. The van der Waals surface area contributed by atoms with E-state index in [2.05, 4.69) is 5.32 Å². The molecule has 1 aromatic carbocycles. The fraction of sp³-hybridized carbons (Fsp3) is 0.474. The number of carbonyl (C=O) groups excluding carboxylic acids is 2. The summed E-state index contributed by atoms with van der Waals surface area (Å²) in [6.07, 6.45) is 3.03. The summed E-state index contributed by atoms with van der Waals surface area (Å²) in [5.41, 5.74) is 0.182. The molecule has 1 atom stereocenters. The van der Waals surface area contributed by atoms with Crippen LogP contribution in [0.4, 0.5) is 10.5 Å². The number of fused-ring (bicyclic) bond motifs is 1. The highest BCUT2D eigenvalue weighted by Crippen LogP contribution is 2.44. The third kappa shape index (κ3) is 3.61. The molecule has 1 amide bonds. The Morgan fingerprint density at radius 3 is 2.71 bits per heavy atom. The number of hydrogen-bond acceptors (Lipinski definition) is 4. The van der Waals surface area contributed by atoms with Gasteiger partial charge in [-0.05, 0) is 39.7 Å². The van der Waals surface area contributed by atoms with E-state index >= 15 is 0 Å². The van der Waals surface area contributed by atoms with E-state index in [1.807, 2.05) is 45.0 Å². The number of anilines is 1. The fourth-order valence-corrected chi connectivity index (χ4v) is 4.42.